The Bertz CT molecular complexity index is 227. The van der Waals surface area contributed by atoms with E-state index >= 15 is 0 Å². The third-order valence-corrected chi connectivity index (χ3v) is 4.02. The Morgan fingerprint density at radius 1 is 1.27 bits per heavy atom. The summed E-state index contributed by atoms with van der Waals surface area (Å²) in [6.07, 6.45) is 3.16. The molecule has 0 aromatic carbocycles. The van der Waals surface area contributed by atoms with E-state index in [4.69, 9.17) is 5.11 Å². The molecule has 1 saturated carbocycles. The largest absolute Gasteiger partial charge is 0.481 e. The van der Waals surface area contributed by atoms with Crippen molar-refractivity contribution in [1.82, 2.24) is 0 Å². The lowest BCUT2D eigenvalue weighted by atomic mass is 9.70. The second kappa shape index (κ2) is 4.52. The minimum absolute atomic E-state index is 0.628. The molecule has 0 spiro atoms. The van der Waals surface area contributed by atoms with Crippen LogP contribution in [0.2, 0.25) is 0 Å². The first-order chi connectivity index (χ1) is 6.87. The molecule has 0 aromatic heterocycles. The summed E-state index contributed by atoms with van der Waals surface area (Å²) < 4.78 is 0. The van der Waals surface area contributed by atoms with Gasteiger partial charge >= 0.3 is 5.97 Å². The fourth-order valence-electron chi connectivity index (χ4n) is 2.47. The molecule has 0 amide bonds. The molecule has 0 heterocycles. The third-order valence-electron chi connectivity index (χ3n) is 4.02. The van der Waals surface area contributed by atoms with Crippen molar-refractivity contribution in [2.45, 2.75) is 52.1 Å². The van der Waals surface area contributed by atoms with Crippen molar-refractivity contribution < 1.29 is 15.0 Å². The smallest absolute Gasteiger partial charge is 0.309 e. The maximum absolute atomic E-state index is 10.9. The summed E-state index contributed by atoms with van der Waals surface area (Å²) >= 11 is 0. The number of aliphatic hydroxyl groups is 1. The van der Waals surface area contributed by atoms with Gasteiger partial charge in [-0.15, -0.1) is 0 Å². The zero-order chi connectivity index (χ0) is 11.6. The lowest BCUT2D eigenvalue weighted by Crippen LogP contribution is -2.44. The van der Waals surface area contributed by atoms with Crippen molar-refractivity contribution >= 4 is 5.97 Å². The van der Waals surface area contributed by atoms with Crippen LogP contribution in [-0.2, 0) is 4.79 Å². The van der Waals surface area contributed by atoms with Gasteiger partial charge in [-0.2, -0.15) is 0 Å². The molecule has 1 rings (SSSR count). The number of rotatable bonds is 3. The normalized spacial score (nSPS) is 34.1. The van der Waals surface area contributed by atoms with E-state index in [0.29, 0.717) is 24.7 Å². The molecular weight excluding hydrogens is 192 g/mol. The van der Waals surface area contributed by atoms with E-state index in [-0.39, 0.29) is 0 Å². The molecule has 0 aliphatic heterocycles. The van der Waals surface area contributed by atoms with Gasteiger partial charge in [0.1, 0.15) is 0 Å². The molecule has 3 heteroatoms. The van der Waals surface area contributed by atoms with Gasteiger partial charge in [0.2, 0.25) is 0 Å². The molecule has 0 radical (unpaired) electrons. The van der Waals surface area contributed by atoms with Crippen LogP contribution in [0.25, 0.3) is 0 Å². The summed E-state index contributed by atoms with van der Waals surface area (Å²) in [4.78, 5) is 10.9. The van der Waals surface area contributed by atoms with Crippen molar-refractivity contribution in [3.8, 4) is 0 Å². The minimum atomic E-state index is -0.975. The molecule has 1 unspecified atom stereocenters. The second-order valence-electron chi connectivity index (χ2n) is 5.24. The van der Waals surface area contributed by atoms with Gasteiger partial charge in [0.05, 0.1) is 11.5 Å². The van der Waals surface area contributed by atoms with Crippen LogP contribution in [0.1, 0.15) is 46.5 Å². The molecule has 2 N–H and O–H groups in total. The number of carbonyl (C=O) groups is 1. The van der Waals surface area contributed by atoms with Crippen molar-refractivity contribution in [2.24, 2.45) is 17.8 Å². The van der Waals surface area contributed by atoms with Gasteiger partial charge in [-0.1, -0.05) is 13.8 Å². The highest BCUT2D eigenvalue weighted by atomic mass is 16.4. The van der Waals surface area contributed by atoms with Gasteiger partial charge < -0.3 is 10.2 Å². The van der Waals surface area contributed by atoms with Crippen LogP contribution >= 0.6 is 0 Å². The lowest BCUT2D eigenvalue weighted by molar-refractivity contribution is -0.154. The Hall–Kier alpha value is -0.570. The lowest BCUT2D eigenvalue weighted by Gasteiger charge is -2.39. The van der Waals surface area contributed by atoms with Crippen molar-refractivity contribution in [3.63, 3.8) is 0 Å². The van der Waals surface area contributed by atoms with Crippen molar-refractivity contribution in [3.05, 3.63) is 0 Å². The summed E-state index contributed by atoms with van der Waals surface area (Å²) in [5, 5.41) is 19.1. The van der Waals surface area contributed by atoms with E-state index in [1.165, 1.54) is 0 Å². The molecule has 1 aliphatic carbocycles. The first kappa shape index (κ1) is 12.5. The van der Waals surface area contributed by atoms with E-state index in [9.17, 15) is 9.90 Å². The van der Waals surface area contributed by atoms with E-state index in [0.717, 1.165) is 12.8 Å². The molecular formula is C12H22O3. The SMILES string of the molecule is CC(C)C1CCC(O)(C(C)C(=O)O)CC1. The number of aliphatic carboxylic acids is 1. The molecule has 0 saturated heterocycles. The summed E-state index contributed by atoms with van der Waals surface area (Å²) in [5.74, 6) is -0.257. The van der Waals surface area contributed by atoms with Crippen molar-refractivity contribution in [1.29, 1.82) is 0 Å². The molecule has 0 aromatic rings. The predicted octanol–water partition coefficient (Wildman–Crippen LogP) is 2.28. The Labute approximate surface area is 91.5 Å². The standard InChI is InChI=1S/C12H22O3/c1-8(2)10-4-6-12(15,7-5-10)9(3)11(13)14/h8-10,15H,4-7H2,1-3H3,(H,13,14). The molecule has 1 aliphatic rings. The Kier molecular flexibility index (Phi) is 3.77. The fraction of sp³-hybridized carbons (Fsp3) is 0.917. The monoisotopic (exact) mass is 214 g/mol. The summed E-state index contributed by atoms with van der Waals surface area (Å²) in [7, 11) is 0. The average molecular weight is 214 g/mol. The second-order valence-corrected chi connectivity index (χ2v) is 5.24. The van der Waals surface area contributed by atoms with E-state index < -0.39 is 17.5 Å². The van der Waals surface area contributed by atoms with E-state index in [1.807, 2.05) is 0 Å². The minimum Gasteiger partial charge on any atom is -0.481 e. The zero-order valence-corrected chi connectivity index (χ0v) is 9.86. The van der Waals surface area contributed by atoms with Crippen LogP contribution in [0, 0.1) is 17.8 Å². The number of hydrogen-bond acceptors (Lipinski definition) is 2. The number of carboxylic acid groups (broad SMARTS) is 1. The van der Waals surface area contributed by atoms with E-state index in [1.54, 1.807) is 6.92 Å². The quantitative estimate of drug-likeness (QED) is 0.757. The highest BCUT2D eigenvalue weighted by Crippen LogP contribution is 2.39. The maximum Gasteiger partial charge on any atom is 0.309 e. The highest BCUT2D eigenvalue weighted by molar-refractivity contribution is 5.71. The Morgan fingerprint density at radius 3 is 2.07 bits per heavy atom. The van der Waals surface area contributed by atoms with Gasteiger partial charge in [0.15, 0.2) is 0 Å². The van der Waals surface area contributed by atoms with E-state index in [2.05, 4.69) is 13.8 Å². The highest BCUT2D eigenvalue weighted by Gasteiger charge is 2.41. The molecule has 88 valence electrons. The zero-order valence-electron chi connectivity index (χ0n) is 9.86. The van der Waals surface area contributed by atoms with Gasteiger partial charge in [0.25, 0.3) is 0 Å². The summed E-state index contributed by atoms with van der Waals surface area (Å²) in [5.41, 5.74) is -0.975. The van der Waals surface area contributed by atoms with Crippen LogP contribution in [0.3, 0.4) is 0 Å². The van der Waals surface area contributed by atoms with Gasteiger partial charge in [-0.25, -0.2) is 0 Å². The van der Waals surface area contributed by atoms with Crippen LogP contribution in [0.4, 0.5) is 0 Å². The first-order valence-corrected chi connectivity index (χ1v) is 5.82. The molecule has 3 nitrogen and oxygen atoms in total. The van der Waals surface area contributed by atoms with Gasteiger partial charge in [-0.05, 0) is 44.4 Å². The predicted molar refractivity (Wildman–Crippen MR) is 58.5 cm³/mol. The van der Waals surface area contributed by atoms with Crippen molar-refractivity contribution in [2.75, 3.05) is 0 Å². The van der Waals surface area contributed by atoms with Gasteiger partial charge in [0, 0.05) is 0 Å². The van der Waals surface area contributed by atoms with Crippen LogP contribution in [0.15, 0.2) is 0 Å². The topological polar surface area (TPSA) is 57.5 Å². The van der Waals surface area contributed by atoms with Crippen LogP contribution in [0.5, 0.6) is 0 Å². The molecule has 1 atom stereocenters. The number of hydrogen-bond donors (Lipinski definition) is 2. The molecule has 0 bridgehead atoms. The first-order valence-electron chi connectivity index (χ1n) is 5.82. The van der Waals surface area contributed by atoms with Gasteiger partial charge in [-0.3, -0.25) is 4.79 Å². The molecule has 1 fully saturated rings. The van der Waals surface area contributed by atoms with Crippen LogP contribution in [-0.4, -0.2) is 21.8 Å². The Morgan fingerprint density at radius 2 is 1.73 bits per heavy atom. The fourth-order valence-corrected chi connectivity index (χ4v) is 2.47. The Balaban J connectivity index is 2.58. The van der Waals surface area contributed by atoms with Crippen LogP contribution < -0.4 is 0 Å². The third kappa shape index (κ3) is 2.71. The maximum atomic E-state index is 10.9. The number of carboxylic acids is 1. The average Bonchev–Trinajstić information content (AvgIpc) is 2.17. The summed E-state index contributed by atoms with van der Waals surface area (Å²) in [6.45, 7) is 5.99. The summed E-state index contributed by atoms with van der Waals surface area (Å²) in [6, 6.07) is 0. The molecule has 15 heavy (non-hydrogen) atoms.